The van der Waals surface area contributed by atoms with E-state index in [1.54, 1.807) is 0 Å². The summed E-state index contributed by atoms with van der Waals surface area (Å²) < 4.78 is 37.2. The molecule has 0 aliphatic carbocycles. The zero-order chi connectivity index (χ0) is 25.7. The third-order valence-corrected chi connectivity index (χ3v) is 5.82. The van der Waals surface area contributed by atoms with E-state index in [0.29, 0.717) is 18.2 Å². The van der Waals surface area contributed by atoms with Crippen molar-refractivity contribution in [3.05, 3.63) is 47.2 Å². The van der Waals surface area contributed by atoms with E-state index in [4.69, 9.17) is 9.73 Å². The molecule has 0 radical (unpaired) electrons. The summed E-state index contributed by atoms with van der Waals surface area (Å²) in [4.78, 5) is 19.4. The van der Waals surface area contributed by atoms with E-state index in [9.17, 15) is 18.0 Å². The number of Topliss-reactive ketones (excluding diaryl/α,β-unsaturated/α-hetero) is 1. The average molecular weight is 483 g/mol. The monoisotopic (exact) mass is 482 g/mol. The minimum atomic E-state index is -3.96. The van der Waals surface area contributed by atoms with Crippen LogP contribution in [0.4, 0.5) is 13.2 Å². The highest BCUT2D eigenvalue weighted by atomic mass is 19.4. The molecule has 0 saturated carbocycles. The maximum Gasteiger partial charge on any atom is 0.388 e. The van der Waals surface area contributed by atoms with Crippen molar-refractivity contribution in [2.75, 3.05) is 20.3 Å². The van der Waals surface area contributed by atoms with Gasteiger partial charge in [-0.2, -0.15) is 13.2 Å². The minimum absolute atomic E-state index is 0.177. The molecular weight excluding hydrogens is 441 g/mol. The Morgan fingerprint density at radius 2 is 1.71 bits per heavy atom. The number of alkyl halides is 3. The first kappa shape index (κ1) is 29.9. The van der Waals surface area contributed by atoms with E-state index < -0.39 is 12.6 Å². The van der Waals surface area contributed by atoms with Gasteiger partial charge >= 0.3 is 6.18 Å². The van der Waals surface area contributed by atoms with E-state index in [-0.39, 0.29) is 5.78 Å². The molecule has 2 aliphatic heterocycles. The third-order valence-electron chi connectivity index (χ3n) is 5.82. The minimum Gasteiger partial charge on any atom is -0.381 e. The first-order chi connectivity index (χ1) is 16.0. The van der Waals surface area contributed by atoms with Crippen LogP contribution in [0.3, 0.4) is 0 Å². The molecule has 0 aromatic heterocycles. The number of allylic oxidation sites excluding steroid dienone is 2. The number of ether oxygens (including phenoxy) is 1. The van der Waals surface area contributed by atoms with Crippen LogP contribution in [-0.4, -0.2) is 43.0 Å². The van der Waals surface area contributed by atoms with Crippen LogP contribution in [0.25, 0.3) is 0 Å². The van der Waals surface area contributed by atoms with Crippen molar-refractivity contribution >= 4 is 11.6 Å². The molecule has 0 bridgehead atoms. The van der Waals surface area contributed by atoms with E-state index in [0.717, 1.165) is 63.1 Å². The number of rotatable bonds is 6. The molecule has 1 aromatic rings. The molecule has 0 amide bonds. The molecule has 34 heavy (non-hydrogen) atoms. The Morgan fingerprint density at radius 3 is 2.12 bits per heavy atom. The fourth-order valence-corrected chi connectivity index (χ4v) is 3.41. The molecule has 3 rings (SSSR count). The van der Waals surface area contributed by atoms with Gasteiger partial charge in [-0.05, 0) is 37.3 Å². The normalized spacial score (nSPS) is 20.0. The summed E-state index contributed by atoms with van der Waals surface area (Å²) in [6.45, 7) is 11.4. The van der Waals surface area contributed by atoms with Gasteiger partial charge in [-0.3, -0.25) is 4.79 Å². The zero-order valence-corrected chi connectivity index (χ0v) is 21.5. The topological polar surface area (TPSA) is 41.9 Å². The average Bonchev–Trinajstić information content (AvgIpc) is 3.16. The predicted molar refractivity (Wildman–Crippen MR) is 133 cm³/mol. The lowest BCUT2D eigenvalue weighted by atomic mass is 10.1. The first-order valence-corrected chi connectivity index (χ1v) is 12.3. The highest BCUT2D eigenvalue weighted by Crippen LogP contribution is 2.32. The van der Waals surface area contributed by atoms with E-state index in [2.05, 4.69) is 50.1 Å². The van der Waals surface area contributed by atoms with E-state index >= 15 is 0 Å². The summed E-state index contributed by atoms with van der Waals surface area (Å²) in [5, 5.41) is 0. The molecule has 1 unspecified atom stereocenters. The van der Waals surface area contributed by atoms with Crippen LogP contribution < -0.4 is 0 Å². The molecule has 0 spiro atoms. The molecule has 2 aliphatic rings. The van der Waals surface area contributed by atoms with Gasteiger partial charge in [0.25, 0.3) is 0 Å². The van der Waals surface area contributed by atoms with Crippen molar-refractivity contribution in [1.29, 1.82) is 0 Å². The van der Waals surface area contributed by atoms with Gasteiger partial charge in [-0.25, -0.2) is 4.99 Å². The van der Waals surface area contributed by atoms with E-state index in [1.165, 1.54) is 5.56 Å². The smallest absolute Gasteiger partial charge is 0.381 e. The van der Waals surface area contributed by atoms with Gasteiger partial charge in [-0.1, -0.05) is 58.0 Å². The van der Waals surface area contributed by atoms with Crippen LogP contribution in [0.1, 0.15) is 84.7 Å². The Kier molecular flexibility index (Phi) is 13.2. The lowest BCUT2D eigenvalue weighted by molar-refractivity contribution is -0.130. The molecule has 1 atom stereocenters. The second kappa shape index (κ2) is 15.0. The van der Waals surface area contributed by atoms with Crippen molar-refractivity contribution in [3.8, 4) is 0 Å². The number of hydrogen-bond acceptors (Lipinski definition) is 3. The molecule has 192 valence electrons. The highest BCUT2D eigenvalue weighted by molar-refractivity contribution is 5.99. The van der Waals surface area contributed by atoms with Gasteiger partial charge in [0.1, 0.15) is 11.5 Å². The number of aliphatic imine (C=N–C) groups is 1. The number of halogens is 3. The van der Waals surface area contributed by atoms with Gasteiger partial charge < -0.3 is 9.64 Å². The van der Waals surface area contributed by atoms with Crippen LogP contribution in [0.2, 0.25) is 0 Å². The fraction of sp³-hybridized carbons (Fsp3) is 0.630. The molecule has 1 aromatic carbocycles. The van der Waals surface area contributed by atoms with Crippen molar-refractivity contribution in [1.82, 2.24) is 4.90 Å². The number of likely N-dealkylation sites (tertiary alicyclic amines) is 1. The number of nitrogens with zero attached hydrogens (tertiary/aromatic N) is 2. The standard InChI is InChI=1S/C20H28N2O.C4H8O.C3H5F3/c1-5-10-18(23)20(15(3)6-2)21-19-14-13-17(22(19)4)16-11-8-7-9-12-16;1-4-2-5-3-4;1-2-3(4,5)6/h7-9,11-12,17H,5-6,10,13-14H2,1-4H3;4H,2-3H2,1H3;2H2,1H3. The summed E-state index contributed by atoms with van der Waals surface area (Å²) in [5.74, 6) is 2.05. The summed E-state index contributed by atoms with van der Waals surface area (Å²) in [6, 6.07) is 10.9. The van der Waals surface area contributed by atoms with Crippen molar-refractivity contribution in [2.45, 2.75) is 85.4 Å². The molecule has 2 heterocycles. The lowest BCUT2D eigenvalue weighted by Crippen LogP contribution is -2.23. The lowest BCUT2D eigenvalue weighted by Gasteiger charge is -2.22. The SMILES string of the molecule is CC1COC1.CCC(F)(F)F.CCCC(=O)C(N=C1CCC(c2ccccc2)N1C)=C(C)CC. The highest BCUT2D eigenvalue weighted by Gasteiger charge is 2.28. The number of amidine groups is 1. The predicted octanol–water partition coefficient (Wildman–Crippen LogP) is 7.52. The number of carbonyl (C=O) groups is 1. The molecule has 7 heteroatoms. The third kappa shape index (κ3) is 10.4. The zero-order valence-electron chi connectivity index (χ0n) is 21.5. The Morgan fingerprint density at radius 1 is 1.15 bits per heavy atom. The quantitative estimate of drug-likeness (QED) is 0.394. The number of ketones is 1. The van der Waals surface area contributed by atoms with Crippen LogP contribution in [0, 0.1) is 5.92 Å². The first-order valence-electron chi connectivity index (χ1n) is 12.3. The molecular formula is C27H41F3N2O2. The Balaban J connectivity index is 0.000000431. The summed E-state index contributed by atoms with van der Waals surface area (Å²) in [5.41, 5.74) is 3.09. The molecule has 2 saturated heterocycles. The van der Waals surface area contributed by atoms with Gasteiger partial charge in [-0.15, -0.1) is 0 Å². The van der Waals surface area contributed by atoms with Gasteiger partial charge in [0.05, 0.1) is 19.3 Å². The van der Waals surface area contributed by atoms with Crippen LogP contribution in [0.15, 0.2) is 46.6 Å². The largest absolute Gasteiger partial charge is 0.388 e. The Hall–Kier alpha value is -2.15. The Labute approximate surface area is 203 Å². The Bertz CT molecular complexity index is 800. The second-order valence-corrected chi connectivity index (χ2v) is 8.87. The molecule has 0 N–H and O–H groups in total. The van der Waals surface area contributed by atoms with Crippen molar-refractivity contribution < 1.29 is 22.7 Å². The van der Waals surface area contributed by atoms with Crippen molar-refractivity contribution in [3.63, 3.8) is 0 Å². The number of hydrogen-bond donors (Lipinski definition) is 0. The number of benzene rings is 1. The number of carbonyl (C=O) groups excluding carboxylic acids is 1. The maximum atomic E-state index is 12.4. The van der Waals surface area contributed by atoms with Crippen molar-refractivity contribution in [2.24, 2.45) is 10.9 Å². The molecule has 2 fully saturated rings. The van der Waals surface area contributed by atoms with Crippen LogP contribution in [0.5, 0.6) is 0 Å². The van der Waals surface area contributed by atoms with Gasteiger partial charge in [0.2, 0.25) is 0 Å². The van der Waals surface area contributed by atoms with Crippen LogP contribution in [-0.2, 0) is 9.53 Å². The van der Waals surface area contributed by atoms with Crippen LogP contribution >= 0.6 is 0 Å². The summed E-state index contributed by atoms with van der Waals surface area (Å²) in [6.07, 6.45) is -0.391. The van der Waals surface area contributed by atoms with E-state index in [1.807, 2.05) is 19.9 Å². The van der Waals surface area contributed by atoms with Gasteiger partial charge in [0, 0.05) is 32.2 Å². The fourth-order valence-electron chi connectivity index (χ4n) is 3.41. The molecule has 4 nitrogen and oxygen atoms in total. The second-order valence-electron chi connectivity index (χ2n) is 8.87. The maximum absolute atomic E-state index is 12.4. The van der Waals surface area contributed by atoms with Gasteiger partial charge in [0.15, 0.2) is 5.78 Å². The summed E-state index contributed by atoms with van der Waals surface area (Å²) >= 11 is 0. The summed E-state index contributed by atoms with van der Waals surface area (Å²) in [7, 11) is 2.09.